The highest BCUT2D eigenvalue weighted by Crippen LogP contribution is 2.31. The van der Waals surface area contributed by atoms with Crippen molar-refractivity contribution in [1.82, 2.24) is 5.32 Å². The lowest BCUT2D eigenvalue weighted by Crippen LogP contribution is -2.37. The van der Waals surface area contributed by atoms with E-state index < -0.39 is 0 Å². The van der Waals surface area contributed by atoms with E-state index in [0.717, 1.165) is 34.4 Å². The van der Waals surface area contributed by atoms with Crippen LogP contribution in [0.2, 0.25) is 0 Å². The van der Waals surface area contributed by atoms with Gasteiger partial charge in [-0.15, -0.1) is 24.0 Å². The molecule has 30 heavy (non-hydrogen) atoms. The molecule has 0 saturated carbocycles. The van der Waals surface area contributed by atoms with Crippen molar-refractivity contribution in [3.05, 3.63) is 89.5 Å². The molecular weight excluding hydrogens is 487 g/mol. The van der Waals surface area contributed by atoms with Crippen molar-refractivity contribution >= 4 is 29.9 Å². The fourth-order valence-corrected chi connectivity index (χ4v) is 3.51. The zero-order valence-corrected chi connectivity index (χ0v) is 18.7. The first-order valence-corrected chi connectivity index (χ1v) is 9.61. The van der Waals surface area contributed by atoms with E-state index in [1.54, 1.807) is 0 Å². The highest BCUT2D eigenvalue weighted by atomic mass is 127. The summed E-state index contributed by atoms with van der Waals surface area (Å²) in [6.07, 6.45) is 0.847. The summed E-state index contributed by atoms with van der Waals surface area (Å²) in [5, 5.41) is 12.6. The first-order chi connectivity index (χ1) is 14.2. The highest BCUT2D eigenvalue weighted by molar-refractivity contribution is 14.0. The van der Waals surface area contributed by atoms with Gasteiger partial charge < -0.3 is 15.8 Å². The number of guanidine groups is 1. The van der Waals surface area contributed by atoms with Crippen LogP contribution in [-0.4, -0.2) is 12.6 Å². The molecule has 0 fully saturated rings. The van der Waals surface area contributed by atoms with Crippen LogP contribution in [-0.2, 0) is 6.54 Å². The maximum atomic E-state index is 9.28. The SMILES string of the molecule is I.N#Cc1ccccc1-c1ccc(CN=C(N)NC2CCOc3ccccc32)cc1. The first kappa shape index (κ1) is 21.7. The number of rotatable bonds is 4. The number of nitrogens with zero attached hydrogens (tertiary/aromatic N) is 2. The summed E-state index contributed by atoms with van der Waals surface area (Å²) in [5.41, 5.74) is 10.9. The second-order valence-electron chi connectivity index (χ2n) is 6.93. The average Bonchev–Trinajstić information content (AvgIpc) is 2.78. The van der Waals surface area contributed by atoms with E-state index in [9.17, 15) is 5.26 Å². The Morgan fingerprint density at radius 2 is 1.80 bits per heavy atom. The Morgan fingerprint density at radius 1 is 1.07 bits per heavy atom. The number of nitrogens with one attached hydrogen (secondary N) is 1. The first-order valence-electron chi connectivity index (χ1n) is 9.61. The number of ether oxygens (including phenoxy) is 1. The van der Waals surface area contributed by atoms with Crippen LogP contribution in [0.15, 0.2) is 77.8 Å². The maximum Gasteiger partial charge on any atom is 0.189 e. The van der Waals surface area contributed by atoms with Crippen LogP contribution in [0.3, 0.4) is 0 Å². The van der Waals surface area contributed by atoms with Crippen LogP contribution in [0.25, 0.3) is 11.1 Å². The second kappa shape index (κ2) is 10.1. The van der Waals surface area contributed by atoms with Gasteiger partial charge in [-0.1, -0.05) is 60.7 Å². The number of fused-ring (bicyclic) bond motifs is 1. The topological polar surface area (TPSA) is 83.4 Å². The van der Waals surface area contributed by atoms with Gasteiger partial charge in [-0.25, -0.2) is 4.99 Å². The van der Waals surface area contributed by atoms with E-state index in [0.29, 0.717) is 24.7 Å². The van der Waals surface area contributed by atoms with Gasteiger partial charge in [-0.3, -0.25) is 0 Å². The summed E-state index contributed by atoms with van der Waals surface area (Å²) >= 11 is 0. The van der Waals surface area contributed by atoms with Gasteiger partial charge in [0, 0.05) is 12.0 Å². The summed E-state index contributed by atoms with van der Waals surface area (Å²) in [5.74, 6) is 1.32. The highest BCUT2D eigenvalue weighted by Gasteiger charge is 2.21. The van der Waals surface area contributed by atoms with Gasteiger partial charge in [0.05, 0.1) is 30.8 Å². The van der Waals surface area contributed by atoms with E-state index in [-0.39, 0.29) is 30.0 Å². The van der Waals surface area contributed by atoms with Gasteiger partial charge in [0.15, 0.2) is 5.96 Å². The fourth-order valence-electron chi connectivity index (χ4n) is 3.51. The van der Waals surface area contributed by atoms with Crippen molar-refractivity contribution in [2.75, 3.05) is 6.61 Å². The molecule has 152 valence electrons. The molecule has 1 atom stereocenters. The predicted molar refractivity (Wildman–Crippen MR) is 130 cm³/mol. The lowest BCUT2D eigenvalue weighted by atomic mass is 9.99. The zero-order chi connectivity index (χ0) is 20.1. The normalized spacial score (nSPS) is 15.2. The lowest BCUT2D eigenvalue weighted by molar-refractivity contribution is 0.262. The van der Waals surface area contributed by atoms with Crippen molar-refractivity contribution in [2.24, 2.45) is 10.7 Å². The minimum atomic E-state index is 0. The number of hydrogen-bond acceptors (Lipinski definition) is 3. The quantitative estimate of drug-likeness (QED) is 0.301. The number of hydrogen-bond donors (Lipinski definition) is 2. The molecule has 0 aromatic heterocycles. The number of halogens is 1. The Labute approximate surface area is 193 Å². The van der Waals surface area contributed by atoms with Crippen molar-refractivity contribution in [3.8, 4) is 22.9 Å². The van der Waals surface area contributed by atoms with Gasteiger partial charge in [0.2, 0.25) is 0 Å². The molecule has 0 bridgehead atoms. The Hall–Kier alpha value is -3.05. The molecule has 5 nitrogen and oxygen atoms in total. The number of aliphatic imine (C=N–C) groups is 1. The predicted octanol–water partition coefficient (Wildman–Crippen LogP) is 4.77. The number of para-hydroxylation sites is 1. The Bertz CT molecular complexity index is 1070. The lowest BCUT2D eigenvalue weighted by Gasteiger charge is -2.26. The third-order valence-corrected chi connectivity index (χ3v) is 5.03. The molecule has 0 spiro atoms. The molecule has 3 aromatic carbocycles. The van der Waals surface area contributed by atoms with E-state index in [1.165, 1.54) is 0 Å². The van der Waals surface area contributed by atoms with Crippen LogP contribution in [0, 0.1) is 11.3 Å². The minimum absolute atomic E-state index is 0. The molecule has 3 N–H and O–H groups in total. The molecule has 0 aliphatic carbocycles. The summed E-state index contributed by atoms with van der Waals surface area (Å²) in [4.78, 5) is 4.49. The van der Waals surface area contributed by atoms with Gasteiger partial charge in [0.1, 0.15) is 5.75 Å². The van der Waals surface area contributed by atoms with Crippen LogP contribution >= 0.6 is 24.0 Å². The van der Waals surface area contributed by atoms with Gasteiger partial charge in [-0.2, -0.15) is 5.26 Å². The number of nitriles is 1. The zero-order valence-electron chi connectivity index (χ0n) is 16.4. The number of benzene rings is 3. The minimum Gasteiger partial charge on any atom is -0.493 e. The molecule has 1 heterocycles. The average molecular weight is 510 g/mol. The summed E-state index contributed by atoms with van der Waals surface area (Å²) in [6, 6.07) is 26.0. The summed E-state index contributed by atoms with van der Waals surface area (Å²) in [7, 11) is 0. The third-order valence-electron chi connectivity index (χ3n) is 5.03. The Kier molecular flexibility index (Phi) is 7.31. The molecule has 4 rings (SSSR count). The molecule has 1 aliphatic rings. The van der Waals surface area contributed by atoms with E-state index in [2.05, 4.69) is 22.4 Å². The van der Waals surface area contributed by atoms with E-state index in [4.69, 9.17) is 10.5 Å². The molecular formula is C24H23IN4O. The smallest absolute Gasteiger partial charge is 0.189 e. The third kappa shape index (κ3) is 4.92. The molecule has 1 aliphatic heterocycles. The number of nitrogens with two attached hydrogens (primary N) is 1. The van der Waals surface area contributed by atoms with Gasteiger partial charge >= 0.3 is 0 Å². The van der Waals surface area contributed by atoms with Crippen LogP contribution < -0.4 is 15.8 Å². The molecule has 6 heteroatoms. The van der Waals surface area contributed by atoms with E-state index >= 15 is 0 Å². The molecule has 3 aromatic rings. The van der Waals surface area contributed by atoms with Crippen LogP contribution in [0.1, 0.15) is 29.2 Å². The molecule has 1 unspecified atom stereocenters. The second-order valence-corrected chi connectivity index (χ2v) is 6.93. The van der Waals surface area contributed by atoms with Crippen LogP contribution in [0.4, 0.5) is 0 Å². The fraction of sp³-hybridized carbons (Fsp3) is 0.167. The molecule has 0 saturated heterocycles. The Morgan fingerprint density at radius 3 is 2.60 bits per heavy atom. The standard InChI is InChI=1S/C24H22N4O.HI/c25-15-19-5-1-2-6-20(19)18-11-9-17(10-12-18)16-27-24(26)28-22-13-14-29-23-8-4-3-7-21(22)23;/h1-12,22H,13-14,16H2,(H3,26,27,28);1H. The summed E-state index contributed by atoms with van der Waals surface area (Å²) in [6.45, 7) is 1.15. The van der Waals surface area contributed by atoms with Crippen molar-refractivity contribution in [2.45, 2.75) is 19.0 Å². The van der Waals surface area contributed by atoms with E-state index in [1.807, 2.05) is 66.7 Å². The van der Waals surface area contributed by atoms with Crippen molar-refractivity contribution in [1.29, 1.82) is 5.26 Å². The van der Waals surface area contributed by atoms with Gasteiger partial charge in [-0.05, 0) is 28.8 Å². The molecule has 0 radical (unpaired) electrons. The largest absolute Gasteiger partial charge is 0.493 e. The molecule has 0 amide bonds. The van der Waals surface area contributed by atoms with Crippen molar-refractivity contribution in [3.63, 3.8) is 0 Å². The van der Waals surface area contributed by atoms with Gasteiger partial charge in [0.25, 0.3) is 0 Å². The van der Waals surface area contributed by atoms with Crippen molar-refractivity contribution < 1.29 is 4.74 Å². The van der Waals surface area contributed by atoms with Crippen LogP contribution in [0.5, 0.6) is 5.75 Å². The Balaban J connectivity index is 0.00000256. The summed E-state index contributed by atoms with van der Waals surface area (Å²) < 4.78 is 5.69. The monoisotopic (exact) mass is 510 g/mol. The maximum absolute atomic E-state index is 9.28.